The quantitative estimate of drug-likeness (QED) is 0.712. The molecule has 0 bridgehead atoms. The molecule has 0 aromatic carbocycles. The summed E-state index contributed by atoms with van der Waals surface area (Å²) in [4.78, 5) is 0. The van der Waals surface area contributed by atoms with E-state index in [0.717, 1.165) is 10.2 Å². The van der Waals surface area contributed by atoms with Crippen molar-refractivity contribution in [2.24, 2.45) is 0 Å². The van der Waals surface area contributed by atoms with E-state index in [2.05, 4.69) is 23.0 Å². The summed E-state index contributed by atoms with van der Waals surface area (Å²) in [5.41, 5.74) is 0. The van der Waals surface area contributed by atoms with E-state index in [0.29, 0.717) is 13.2 Å². The molecule has 16 heavy (non-hydrogen) atoms. The Morgan fingerprint density at radius 1 is 0.875 bits per heavy atom. The molecule has 0 aromatic heterocycles. The summed E-state index contributed by atoms with van der Waals surface area (Å²) in [7, 11) is 0. The Morgan fingerprint density at radius 3 is 2.06 bits per heavy atom. The first-order valence-electron chi connectivity index (χ1n) is 4.68. The van der Waals surface area contributed by atoms with Gasteiger partial charge in [-0.3, -0.25) is 0 Å². The van der Waals surface area contributed by atoms with Gasteiger partial charge in [0.25, 0.3) is 0 Å². The lowest BCUT2D eigenvalue weighted by Crippen LogP contribution is -2.08. The number of hydrogen-bond acceptors (Lipinski definition) is 6. The Morgan fingerprint density at radius 2 is 1.44 bits per heavy atom. The van der Waals surface area contributed by atoms with Crippen molar-refractivity contribution < 1.29 is 9.47 Å². The molecule has 0 fully saturated rings. The highest BCUT2D eigenvalue weighted by atomic mass is 32.2. The molecule has 0 aliphatic carbocycles. The van der Waals surface area contributed by atoms with Gasteiger partial charge in [-0.05, 0) is 46.5 Å². The summed E-state index contributed by atoms with van der Waals surface area (Å²) < 4.78 is 13.6. The molecule has 0 radical (unpaired) electrons. The first kappa shape index (κ1) is 11.1. The molecule has 0 amide bonds. The topological polar surface area (TPSA) is 18.5 Å². The average Bonchev–Trinajstić information content (AvgIpc) is 2.95. The molecule has 0 N–H and O–H groups in total. The van der Waals surface area contributed by atoms with Crippen LogP contribution in [0.15, 0.2) is 41.6 Å². The van der Waals surface area contributed by atoms with Crippen LogP contribution >= 0.6 is 47.0 Å². The van der Waals surface area contributed by atoms with Gasteiger partial charge in [0.1, 0.15) is 13.2 Å². The van der Waals surface area contributed by atoms with Crippen LogP contribution in [0.2, 0.25) is 0 Å². The molecule has 0 unspecified atom stereocenters. The van der Waals surface area contributed by atoms with Crippen LogP contribution in [0.5, 0.6) is 0 Å². The number of thioether (sulfide) groups is 4. The molecule has 0 aromatic rings. The highest BCUT2D eigenvalue weighted by Crippen LogP contribution is 2.51. The zero-order valence-corrected chi connectivity index (χ0v) is 11.4. The van der Waals surface area contributed by atoms with Crippen molar-refractivity contribution >= 4 is 47.0 Å². The third-order valence-corrected chi connectivity index (χ3v) is 6.19. The number of hydrogen-bond donors (Lipinski definition) is 0. The minimum Gasteiger partial charge on any atom is -0.480 e. The van der Waals surface area contributed by atoms with E-state index in [-0.39, 0.29) is 0 Å². The van der Waals surface area contributed by atoms with E-state index in [1.165, 1.54) is 8.47 Å². The first-order chi connectivity index (χ1) is 7.92. The van der Waals surface area contributed by atoms with Gasteiger partial charge >= 0.3 is 0 Å². The molecule has 0 saturated heterocycles. The highest BCUT2D eigenvalue weighted by molar-refractivity contribution is 8.28. The zero-order valence-electron chi connectivity index (χ0n) is 8.17. The van der Waals surface area contributed by atoms with Crippen molar-refractivity contribution in [2.45, 2.75) is 0 Å². The van der Waals surface area contributed by atoms with E-state index in [1.807, 2.05) is 0 Å². The second-order valence-corrected chi connectivity index (χ2v) is 7.40. The monoisotopic (exact) mass is 288 g/mol. The van der Waals surface area contributed by atoms with Crippen molar-refractivity contribution in [2.75, 3.05) is 13.2 Å². The second-order valence-electron chi connectivity index (χ2n) is 2.96. The smallest absolute Gasteiger partial charge is 0.208 e. The first-order valence-corrected chi connectivity index (χ1v) is 8.07. The van der Waals surface area contributed by atoms with Gasteiger partial charge in [-0.1, -0.05) is 23.5 Å². The van der Waals surface area contributed by atoms with Gasteiger partial charge in [0.05, 0.1) is 4.24 Å². The fraction of sp³-hybridized carbons (Fsp3) is 0.200. The van der Waals surface area contributed by atoms with E-state index < -0.39 is 0 Å². The molecule has 2 nitrogen and oxygen atoms in total. The zero-order chi connectivity index (χ0) is 10.8. The van der Waals surface area contributed by atoms with Crippen LogP contribution in [0.3, 0.4) is 0 Å². The molecule has 0 atom stereocenters. The Labute approximate surface area is 111 Å². The van der Waals surface area contributed by atoms with Crippen molar-refractivity contribution in [1.29, 1.82) is 0 Å². The van der Waals surface area contributed by atoms with Gasteiger partial charge < -0.3 is 9.47 Å². The maximum absolute atomic E-state index is 5.52. The van der Waals surface area contributed by atoms with Crippen LogP contribution in [-0.4, -0.2) is 13.2 Å². The Balaban J connectivity index is 1.66. The van der Waals surface area contributed by atoms with E-state index in [4.69, 9.17) is 9.47 Å². The van der Waals surface area contributed by atoms with E-state index >= 15 is 0 Å². The molecule has 3 rings (SSSR count). The van der Waals surface area contributed by atoms with Gasteiger partial charge in [-0.15, -0.1) is 0 Å². The minimum atomic E-state index is 0.663. The summed E-state index contributed by atoms with van der Waals surface area (Å²) in [6.07, 6.45) is 4.27. The normalized spacial score (nSPS) is 23.0. The van der Waals surface area contributed by atoms with Crippen molar-refractivity contribution in [3.8, 4) is 0 Å². The largest absolute Gasteiger partial charge is 0.480 e. The fourth-order valence-corrected chi connectivity index (χ4v) is 4.87. The Kier molecular flexibility index (Phi) is 3.51. The number of rotatable bonds is 1. The molecule has 0 spiro atoms. The summed E-state index contributed by atoms with van der Waals surface area (Å²) in [6.45, 7) is 1.33. The predicted octanol–water partition coefficient (Wildman–Crippen LogP) is 4.27. The Bertz CT molecular complexity index is 393. The maximum Gasteiger partial charge on any atom is 0.208 e. The molecule has 3 aliphatic heterocycles. The molecular formula is C10H8O2S4. The Hall–Kier alpha value is -0.0400. The average molecular weight is 288 g/mol. The summed E-state index contributed by atoms with van der Waals surface area (Å²) >= 11 is 6.81. The summed E-state index contributed by atoms with van der Waals surface area (Å²) in [6, 6.07) is 0. The fourth-order valence-electron chi connectivity index (χ4n) is 1.23. The third-order valence-electron chi connectivity index (χ3n) is 1.88. The second kappa shape index (κ2) is 5.08. The lowest BCUT2D eigenvalue weighted by molar-refractivity contribution is 0.0949. The van der Waals surface area contributed by atoms with Crippen LogP contribution in [0.4, 0.5) is 0 Å². The lowest BCUT2D eigenvalue weighted by Gasteiger charge is -2.13. The molecular weight excluding hydrogens is 280 g/mol. The number of allylic oxidation sites excluding steroid dienone is 2. The SMILES string of the molecule is C1=CSC(=CC=C2SC3=C(OCCO3)S2)S1. The minimum absolute atomic E-state index is 0.663. The molecule has 84 valence electrons. The molecule has 3 aliphatic rings. The van der Waals surface area contributed by atoms with Gasteiger partial charge in [-0.25, -0.2) is 0 Å². The van der Waals surface area contributed by atoms with E-state index in [1.54, 1.807) is 47.0 Å². The standard InChI is InChI=1S/C10H8O2S4/c1(7-13-5-6-14-7)2-8-15-9-10(16-8)12-4-3-11-9/h1-2,5-6H,3-4H2. The van der Waals surface area contributed by atoms with Crippen molar-refractivity contribution in [3.63, 3.8) is 0 Å². The highest BCUT2D eigenvalue weighted by Gasteiger charge is 2.26. The molecule has 0 saturated carbocycles. The van der Waals surface area contributed by atoms with Crippen LogP contribution in [0.1, 0.15) is 0 Å². The predicted molar refractivity (Wildman–Crippen MR) is 74.6 cm³/mol. The van der Waals surface area contributed by atoms with Crippen LogP contribution in [0, 0.1) is 0 Å². The number of ether oxygens (including phenoxy) is 2. The molecule has 3 heterocycles. The molecule has 6 heteroatoms. The van der Waals surface area contributed by atoms with Crippen LogP contribution in [0.25, 0.3) is 0 Å². The van der Waals surface area contributed by atoms with Crippen molar-refractivity contribution in [3.05, 3.63) is 41.6 Å². The van der Waals surface area contributed by atoms with Gasteiger partial charge in [-0.2, -0.15) is 0 Å². The van der Waals surface area contributed by atoms with Crippen molar-refractivity contribution in [1.82, 2.24) is 0 Å². The van der Waals surface area contributed by atoms with Crippen LogP contribution in [-0.2, 0) is 9.47 Å². The van der Waals surface area contributed by atoms with Gasteiger partial charge in [0.2, 0.25) is 10.2 Å². The van der Waals surface area contributed by atoms with Gasteiger partial charge in [0, 0.05) is 4.24 Å². The summed E-state index contributed by atoms with van der Waals surface area (Å²) in [5, 5.41) is 6.04. The lowest BCUT2D eigenvalue weighted by atomic mass is 10.6. The van der Waals surface area contributed by atoms with E-state index in [9.17, 15) is 0 Å². The maximum atomic E-state index is 5.52. The van der Waals surface area contributed by atoms with Gasteiger partial charge in [0.15, 0.2) is 0 Å². The summed E-state index contributed by atoms with van der Waals surface area (Å²) in [5.74, 6) is 0. The third kappa shape index (κ3) is 2.45. The van der Waals surface area contributed by atoms with Crippen LogP contribution < -0.4 is 0 Å².